The molecule has 5 nitrogen and oxygen atoms in total. The lowest BCUT2D eigenvalue weighted by molar-refractivity contribution is -0.133. The van der Waals surface area contributed by atoms with Crippen molar-refractivity contribution >= 4 is 18.0 Å². The standard InChI is InChI=1S/C20H20N2O3/c21-18(11-15-7-5-14(6-8-15)9-10-19(23)24)20(25)22-12-16-3-1-2-4-17(16)13-22/h1-10,18H,11-13,21H2,(H,23,24)/b10-9+/t18-/m1/s1. The van der Waals surface area contributed by atoms with Gasteiger partial charge in [0.05, 0.1) is 6.04 Å². The van der Waals surface area contributed by atoms with Gasteiger partial charge in [-0.05, 0) is 34.8 Å². The SMILES string of the molecule is N[C@H](Cc1ccc(/C=C/C(=O)O)cc1)C(=O)N1Cc2ccccc2C1. The normalized spacial score (nSPS) is 14.5. The van der Waals surface area contributed by atoms with E-state index in [4.69, 9.17) is 10.8 Å². The molecule has 0 saturated carbocycles. The molecule has 3 N–H and O–H groups in total. The van der Waals surface area contributed by atoms with Crippen LogP contribution in [0.15, 0.2) is 54.6 Å². The number of fused-ring (bicyclic) bond motifs is 1. The van der Waals surface area contributed by atoms with Crippen molar-refractivity contribution in [3.8, 4) is 0 Å². The highest BCUT2D eigenvalue weighted by atomic mass is 16.4. The van der Waals surface area contributed by atoms with Crippen LogP contribution in [0.5, 0.6) is 0 Å². The highest BCUT2D eigenvalue weighted by Crippen LogP contribution is 2.23. The van der Waals surface area contributed by atoms with Crippen LogP contribution in [-0.2, 0) is 29.1 Å². The van der Waals surface area contributed by atoms with Crippen molar-refractivity contribution in [1.29, 1.82) is 0 Å². The van der Waals surface area contributed by atoms with E-state index in [0.717, 1.165) is 17.2 Å². The number of carboxylic acid groups (broad SMARTS) is 1. The first-order valence-corrected chi connectivity index (χ1v) is 8.14. The summed E-state index contributed by atoms with van der Waals surface area (Å²) in [7, 11) is 0. The molecule has 0 radical (unpaired) electrons. The first kappa shape index (κ1) is 16.9. The number of benzene rings is 2. The first-order chi connectivity index (χ1) is 12.0. The van der Waals surface area contributed by atoms with E-state index in [0.29, 0.717) is 19.5 Å². The smallest absolute Gasteiger partial charge is 0.328 e. The van der Waals surface area contributed by atoms with Crippen molar-refractivity contribution in [2.24, 2.45) is 5.73 Å². The number of carbonyl (C=O) groups is 2. The number of hydrogen-bond acceptors (Lipinski definition) is 3. The Morgan fingerprint density at radius 1 is 1.08 bits per heavy atom. The Morgan fingerprint density at radius 3 is 2.24 bits per heavy atom. The van der Waals surface area contributed by atoms with Crippen molar-refractivity contribution < 1.29 is 14.7 Å². The van der Waals surface area contributed by atoms with Gasteiger partial charge in [0.1, 0.15) is 0 Å². The number of aliphatic carboxylic acids is 1. The Bertz CT molecular complexity index is 787. The molecular formula is C20H20N2O3. The van der Waals surface area contributed by atoms with Crippen molar-refractivity contribution in [3.05, 3.63) is 76.9 Å². The minimum Gasteiger partial charge on any atom is -0.478 e. The summed E-state index contributed by atoms with van der Waals surface area (Å²) in [5.41, 5.74) is 10.2. The minimum atomic E-state index is -0.983. The molecule has 0 fully saturated rings. The Morgan fingerprint density at radius 2 is 1.68 bits per heavy atom. The van der Waals surface area contributed by atoms with Crippen molar-refractivity contribution in [1.82, 2.24) is 4.90 Å². The van der Waals surface area contributed by atoms with Crippen LogP contribution in [0.25, 0.3) is 6.08 Å². The Hall–Kier alpha value is -2.92. The van der Waals surface area contributed by atoms with Crippen LogP contribution < -0.4 is 5.73 Å². The highest BCUT2D eigenvalue weighted by molar-refractivity contribution is 5.85. The lowest BCUT2D eigenvalue weighted by Gasteiger charge is -2.20. The van der Waals surface area contributed by atoms with Gasteiger partial charge >= 0.3 is 5.97 Å². The molecule has 1 heterocycles. The molecule has 0 saturated heterocycles. The van der Waals surface area contributed by atoms with Gasteiger partial charge in [0.25, 0.3) is 0 Å². The fourth-order valence-electron chi connectivity index (χ4n) is 3.00. The molecule has 1 aliphatic rings. The van der Waals surface area contributed by atoms with Gasteiger partial charge in [-0.15, -0.1) is 0 Å². The largest absolute Gasteiger partial charge is 0.478 e. The molecule has 0 spiro atoms. The number of carbonyl (C=O) groups excluding carboxylic acids is 1. The summed E-state index contributed by atoms with van der Waals surface area (Å²) in [6.07, 6.45) is 3.07. The maximum Gasteiger partial charge on any atom is 0.328 e. The molecule has 0 aliphatic carbocycles. The van der Waals surface area contributed by atoms with Crippen molar-refractivity contribution in [2.45, 2.75) is 25.6 Å². The van der Waals surface area contributed by atoms with Gasteiger partial charge in [0.2, 0.25) is 5.91 Å². The van der Waals surface area contributed by atoms with E-state index < -0.39 is 12.0 Å². The molecule has 1 amide bonds. The van der Waals surface area contributed by atoms with Crippen LogP contribution in [0.3, 0.4) is 0 Å². The molecule has 0 unspecified atom stereocenters. The lowest BCUT2D eigenvalue weighted by atomic mass is 10.0. The van der Waals surface area contributed by atoms with Gasteiger partial charge in [-0.3, -0.25) is 4.79 Å². The minimum absolute atomic E-state index is 0.0500. The van der Waals surface area contributed by atoms with Gasteiger partial charge in [-0.1, -0.05) is 48.5 Å². The number of carboxylic acids is 1. The second kappa shape index (κ2) is 7.32. The topological polar surface area (TPSA) is 83.6 Å². The van der Waals surface area contributed by atoms with E-state index in [1.165, 1.54) is 17.2 Å². The molecule has 1 aliphatic heterocycles. The number of nitrogens with zero attached hydrogens (tertiary/aromatic N) is 1. The fourth-order valence-corrected chi connectivity index (χ4v) is 3.00. The predicted octanol–water partition coefficient (Wildman–Crippen LogP) is 2.20. The van der Waals surface area contributed by atoms with E-state index in [9.17, 15) is 9.59 Å². The van der Waals surface area contributed by atoms with Crippen LogP contribution in [0.4, 0.5) is 0 Å². The number of hydrogen-bond donors (Lipinski definition) is 2. The summed E-state index contributed by atoms with van der Waals surface area (Å²) in [5.74, 6) is -1.03. The molecule has 0 aromatic heterocycles. The zero-order chi connectivity index (χ0) is 17.8. The predicted molar refractivity (Wildman–Crippen MR) is 95.5 cm³/mol. The van der Waals surface area contributed by atoms with E-state index in [2.05, 4.69) is 0 Å². The number of amides is 1. The number of rotatable bonds is 5. The van der Waals surface area contributed by atoms with E-state index in [1.807, 2.05) is 48.5 Å². The molecule has 2 aromatic carbocycles. The summed E-state index contributed by atoms with van der Waals surface area (Å²) in [4.78, 5) is 24.9. The fraction of sp³-hybridized carbons (Fsp3) is 0.200. The third-order valence-corrected chi connectivity index (χ3v) is 4.32. The highest BCUT2D eigenvalue weighted by Gasteiger charge is 2.26. The van der Waals surface area contributed by atoms with E-state index in [1.54, 1.807) is 4.90 Å². The van der Waals surface area contributed by atoms with Gasteiger partial charge in [-0.25, -0.2) is 4.79 Å². The van der Waals surface area contributed by atoms with Gasteiger partial charge in [0, 0.05) is 19.2 Å². The molecule has 5 heteroatoms. The Kier molecular flexibility index (Phi) is 4.95. The molecule has 1 atom stereocenters. The second-order valence-electron chi connectivity index (χ2n) is 6.19. The van der Waals surface area contributed by atoms with Gasteiger partial charge in [0.15, 0.2) is 0 Å². The third-order valence-electron chi connectivity index (χ3n) is 4.32. The average molecular weight is 336 g/mol. The maximum atomic E-state index is 12.6. The van der Waals surface area contributed by atoms with Crippen molar-refractivity contribution in [3.63, 3.8) is 0 Å². The maximum absolute atomic E-state index is 12.6. The Labute approximate surface area is 146 Å². The van der Waals surface area contributed by atoms with Gasteiger partial charge in [-0.2, -0.15) is 0 Å². The molecular weight excluding hydrogens is 316 g/mol. The summed E-state index contributed by atoms with van der Waals surface area (Å²) >= 11 is 0. The summed E-state index contributed by atoms with van der Waals surface area (Å²) in [6, 6.07) is 14.8. The third kappa shape index (κ3) is 4.14. The number of nitrogens with two attached hydrogens (primary N) is 1. The van der Waals surface area contributed by atoms with E-state index >= 15 is 0 Å². The van der Waals surface area contributed by atoms with Crippen LogP contribution >= 0.6 is 0 Å². The molecule has 25 heavy (non-hydrogen) atoms. The summed E-state index contributed by atoms with van der Waals surface area (Å²) in [5, 5.41) is 8.63. The van der Waals surface area contributed by atoms with Gasteiger partial charge < -0.3 is 15.7 Å². The quantitative estimate of drug-likeness (QED) is 0.820. The monoisotopic (exact) mass is 336 g/mol. The molecule has 3 rings (SSSR count). The van der Waals surface area contributed by atoms with Crippen molar-refractivity contribution in [2.75, 3.05) is 0 Å². The lowest BCUT2D eigenvalue weighted by Crippen LogP contribution is -2.42. The molecule has 2 aromatic rings. The summed E-state index contributed by atoms with van der Waals surface area (Å²) < 4.78 is 0. The van der Waals surface area contributed by atoms with E-state index in [-0.39, 0.29) is 5.91 Å². The zero-order valence-corrected chi connectivity index (χ0v) is 13.8. The second-order valence-corrected chi connectivity index (χ2v) is 6.19. The first-order valence-electron chi connectivity index (χ1n) is 8.14. The summed E-state index contributed by atoms with van der Waals surface area (Å²) in [6.45, 7) is 1.23. The molecule has 128 valence electrons. The molecule has 0 bridgehead atoms. The van der Waals surface area contributed by atoms with Crippen LogP contribution in [0.2, 0.25) is 0 Å². The van der Waals surface area contributed by atoms with Crippen LogP contribution in [0, 0.1) is 0 Å². The Balaban J connectivity index is 1.60. The zero-order valence-electron chi connectivity index (χ0n) is 13.8. The van der Waals surface area contributed by atoms with Crippen LogP contribution in [-0.4, -0.2) is 27.9 Å². The average Bonchev–Trinajstić information content (AvgIpc) is 3.04. The van der Waals surface area contributed by atoms with Crippen LogP contribution in [0.1, 0.15) is 22.3 Å².